The molecular weight excluding hydrogens is 276 g/mol. The predicted octanol–water partition coefficient (Wildman–Crippen LogP) is 3.45. The van der Waals surface area contributed by atoms with E-state index < -0.39 is 0 Å². The molecule has 0 saturated carbocycles. The Hall–Kier alpha value is -2.75. The monoisotopic (exact) mass is 294 g/mol. The SMILES string of the molecule is C=CCOc1cccc(C2Nc3ccccc3C(=O)N2C)c1. The van der Waals surface area contributed by atoms with E-state index in [1.54, 1.807) is 18.0 Å². The Bertz CT molecular complexity index is 712. The highest BCUT2D eigenvalue weighted by atomic mass is 16.5. The molecule has 0 fully saturated rings. The number of hydrogen-bond acceptors (Lipinski definition) is 3. The van der Waals surface area contributed by atoms with Crippen LogP contribution in [0.25, 0.3) is 0 Å². The quantitative estimate of drug-likeness (QED) is 0.878. The highest BCUT2D eigenvalue weighted by molar-refractivity contribution is 6.01. The zero-order valence-corrected chi connectivity index (χ0v) is 12.5. The Balaban J connectivity index is 1.92. The number of carbonyl (C=O) groups is 1. The maximum atomic E-state index is 12.5. The fourth-order valence-electron chi connectivity index (χ4n) is 2.58. The molecule has 1 aliphatic rings. The van der Waals surface area contributed by atoms with E-state index in [1.165, 1.54) is 0 Å². The topological polar surface area (TPSA) is 41.6 Å². The zero-order chi connectivity index (χ0) is 15.5. The first kappa shape index (κ1) is 14.2. The van der Waals surface area contributed by atoms with Gasteiger partial charge in [-0.2, -0.15) is 0 Å². The molecule has 1 atom stereocenters. The van der Waals surface area contributed by atoms with Crippen LogP contribution in [0.1, 0.15) is 22.1 Å². The highest BCUT2D eigenvalue weighted by Gasteiger charge is 2.29. The van der Waals surface area contributed by atoms with Crippen molar-refractivity contribution in [2.24, 2.45) is 0 Å². The second-order valence-corrected chi connectivity index (χ2v) is 5.18. The largest absolute Gasteiger partial charge is 0.490 e. The van der Waals surface area contributed by atoms with E-state index in [0.717, 1.165) is 17.0 Å². The van der Waals surface area contributed by atoms with Crippen molar-refractivity contribution in [1.29, 1.82) is 0 Å². The summed E-state index contributed by atoms with van der Waals surface area (Å²) in [6, 6.07) is 15.3. The number of benzene rings is 2. The molecule has 2 aromatic carbocycles. The summed E-state index contributed by atoms with van der Waals surface area (Å²) < 4.78 is 5.57. The summed E-state index contributed by atoms with van der Waals surface area (Å²) in [5.41, 5.74) is 2.53. The van der Waals surface area contributed by atoms with Gasteiger partial charge in [0.25, 0.3) is 5.91 Å². The number of rotatable bonds is 4. The Kier molecular flexibility index (Phi) is 3.83. The van der Waals surface area contributed by atoms with Crippen molar-refractivity contribution in [2.45, 2.75) is 6.17 Å². The molecule has 0 bridgehead atoms. The second kappa shape index (κ2) is 5.93. The number of ether oxygens (including phenoxy) is 1. The Morgan fingerprint density at radius 1 is 1.27 bits per heavy atom. The molecule has 1 unspecified atom stereocenters. The lowest BCUT2D eigenvalue weighted by molar-refractivity contribution is 0.0735. The lowest BCUT2D eigenvalue weighted by Gasteiger charge is -2.35. The molecule has 1 aliphatic heterocycles. The predicted molar refractivity (Wildman–Crippen MR) is 87.0 cm³/mol. The van der Waals surface area contributed by atoms with Crippen LogP contribution in [0.5, 0.6) is 5.75 Å². The first-order valence-electron chi connectivity index (χ1n) is 7.17. The number of nitrogens with one attached hydrogen (secondary N) is 1. The Morgan fingerprint density at radius 3 is 2.91 bits per heavy atom. The van der Waals surface area contributed by atoms with E-state index in [-0.39, 0.29) is 12.1 Å². The number of amides is 1. The summed E-state index contributed by atoms with van der Waals surface area (Å²) in [4.78, 5) is 14.2. The lowest BCUT2D eigenvalue weighted by Crippen LogP contribution is -2.40. The zero-order valence-electron chi connectivity index (χ0n) is 12.5. The molecule has 112 valence electrons. The summed E-state index contributed by atoms with van der Waals surface area (Å²) in [7, 11) is 1.80. The van der Waals surface area contributed by atoms with Gasteiger partial charge >= 0.3 is 0 Å². The standard InChI is InChI=1S/C18H18N2O2/c1-3-11-22-14-8-6-7-13(12-14)17-19-16-10-5-4-9-15(16)18(21)20(17)2/h3-10,12,17,19H,1,11H2,2H3. The molecule has 0 saturated heterocycles. The van der Waals surface area contributed by atoms with Crippen LogP contribution in [0.2, 0.25) is 0 Å². The number of carbonyl (C=O) groups excluding carboxylic acids is 1. The van der Waals surface area contributed by atoms with E-state index >= 15 is 0 Å². The summed E-state index contributed by atoms with van der Waals surface area (Å²) >= 11 is 0. The number of anilines is 1. The van der Waals surface area contributed by atoms with Crippen LogP contribution in [0.3, 0.4) is 0 Å². The minimum absolute atomic E-state index is 0.0109. The van der Waals surface area contributed by atoms with Crippen molar-refractivity contribution < 1.29 is 9.53 Å². The average Bonchev–Trinajstić information content (AvgIpc) is 2.56. The molecular formula is C18H18N2O2. The van der Waals surface area contributed by atoms with E-state index in [2.05, 4.69) is 11.9 Å². The average molecular weight is 294 g/mol. The van der Waals surface area contributed by atoms with E-state index in [4.69, 9.17) is 4.74 Å². The molecule has 2 aromatic rings. The van der Waals surface area contributed by atoms with Gasteiger partial charge in [0.2, 0.25) is 0 Å². The van der Waals surface area contributed by atoms with Gasteiger partial charge in [0, 0.05) is 12.7 Å². The molecule has 3 rings (SSSR count). The van der Waals surface area contributed by atoms with Crippen molar-refractivity contribution in [2.75, 3.05) is 19.0 Å². The number of para-hydroxylation sites is 1. The molecule has 0 radical (unpaired) electrons. The first-order valence-corrected chi connectivity index (χ1v) is 7.17. The van der Waals surface area contributed by atoms with Crippen LogP contribution in [-0.2, 0) is 0 Å². The minimum Gasteiger partial charge on any atom is -0.490 e. The highest BCUT2D eigenvalue weighted by Crippen LogP contribution is 2.32. The van der Waals surface area contributed by atoms with Gasteiger partial charge in [-0.25, -0.2) is 0 Å². The normalized spacial score (nSPS) is 16.7. The van der Waals surface area contributed by atoms with Crippen molar-refractivity contribution in [1.82, 2.24) is 4.90 Å². The molecule has 22 heavy (non-hydrogen) atoms. The van der Waals surface area contributed by atoms with Crippen LogP contribution in [-0.4, -0.2) is 24.5 Å². The van der Waals surface area contributed by atoms with E-state index in [1.807, 2.05) is 48.5 Å². The van der Waals surface area contributed by atoms with Crippen LogP contribution < -0.4 is 10.1 Å². The number of nitrogens with zero attached hydrogens (tertiary/aromatic N) is 1. The number of fused-ring (bicyclic) bond motifs is 1. The summed E-state index contributed by atoms with van der Waals surface area (Å²) in [6.07, 6.45) is 1.49. The third kappa shape index (κ3) is 2.55. The maximum Gasteiger partial charge on any atom is 0.257 e. The lowest BCUT2D eigenvalue weighted by atomic mass is 10.0. The second-order valence-electron chi connectivity index (χ2n) is 5.18. The molecule has 4 nitrogen and oxygen atoms in total. The summed E-state index contributed by atoms with van der Waals surface area (Å²) in [5, 5.41) is 3.41. The van der Waals surface area contributed by atoms with Gasteiger partial charge in [-0.1, -0.05) is 36.9 Å². The van der Waals surface area contributed by atoms with Gasteiger partial charge < -0.3 is 15.0 Å². The smallest absolute Gasteiger partial charge is 0.257 e. The van der Waals surface area contributed by atoms with Gasteiger partial charge in [-0.3, -0.25) is 4.79 Å². The molecule has 0 spiro atoms. The van der Waals surface area contributed by atoms with Crippen LogP contribution >= 0.6 is 0 Å². The fourth-order valence-corrected chi connectivity index (χ4v) is 2.58. The fraction of sp³-hybridized carbons (Fsp3) is 0.167. The Labute approximate surface area is 130 Å². The summed E-state index contributed by atoms with van der Waals surface area (Å²) in [5.74, 6) is 0.774. The van der Waals surface area contributed by atoms with Crippen LogP contribution in [0, 0.1) is 0 Å². The van der Waals surface area contributed by atoms with E-state index in [9.17, 15) is 4.79 Å². The summed E-state index contributed by atoms with van der Waals surface area (Å²) in [6.45, 7) is 4.10. The van der Waals surface area contributed by atoms with Gasteiger partial charge in [0.15, 0.2) is 0 Å². The van der Waals surface area contributed by atoms with Gasteiger partial charge in [0.05, 0.1) is 5.56 Å². The number of hydrogen-bond donors (Lipinski definition) is 1. The van der Waals surface area contributed by atoms with Gasteiger partial charge in [-0.05, 0) is 29.8 Å². The molecule has 1 amide bonds. The van der Waals surface area contributed by atoms with Gasteiger partial charge in [0.1, 0.15) is 18.5 Å². The van der Waals surface area contributed by atoms with Crippen LogP contribution in [0.15, 0.2) is 61.2 Å². The first-order chi connectivity index (χ1) is 10.7. The van der Waals surface area contributed by atoms with Crippen molar-refractivity contribution in [3.63, 3.8) is 0 Å². The van der Waals surface area contributed by atoms with E-state index in [0.29, 0.717) is 12.2 Å². The third-order valence-electron chi connectivity index (χ3n) is 3.70. The van der Waals surface area contributed by atoms with Crippen molar-refractivity contribution in [3.05, 3.63) is 72.3 Å². The Morgan fingerprint density at radius 2 is 2.09 bits per heavy atom. The maximum absolute atomic E-state index is 12.5. The third-order valence-corrected chi connectivity index (χ3v) is 3.70. The van der Waals surface area contributed by atoms with Gasteiger partial charge in [-0.15, -0.1) is 0 Å². The molecule has 0 aromatic heterocycles. The molecule has 1 heterocycles. The molecule has 1 N–H and O–H groups in total. The van der Waals surface area contributed by atoms with Crippen molar-refractivity contribution >= 4 is 11.6 Å². The minimum atomic E-state index is -0.213. The van der Waals surface area contributed by atoms with Crippen molar-refractivity contribution in [3.8, 4) is 5.75 Å². The van der Waals surface area contributed by atoms with Crippen LogP contribution in [0.4, 0.5) is 5.69 Å². The molecule has 0 aliphatic carbocycles. The molecule has 4 heteroatoms.